The standard InChI is InChI=1S/C13H19N7O2S/c1-12(2)7(8-16-18-19-17-8)20-9(21)6(10(20)23-12)15-11(22)13(14)4-3-5-13/h6-7,10H,3-5,14H2,1-2H3,(H,15,22)(H,16,17,18,19). The van der Waals surface area contributed by atoms with E-state index < -0.39 is 11.6 Å². The first-order chi connectivity index (χ1) is 10.8. The number of amides is 2. The molecule has 1 aliphatic carbocycles. The van der Waals surface area contributed by atoms with Gasteiger partial charge in [0.2, 0.25) is 11.8 Å². The number of tetrazole rings is 1. The third-order valence-electron chi connectivity index (χ3n) is 5.03. The van der Waals surface area contributed by atoms with Crippen molar-refractivity contribution in [3.05, 3.63) is 5.82 Å². The molecule has 3 unspecified atom stereocenters. The monoisotopic (exact) mass is 337 g/mol. The van der Waals surface area contributed by atoms with Crippen molar-refractivity contribution in [1.82, 2.24) is 30.8 Å². The zero-order valence-corrected chi connectivity index (χ0v) is 13.8. The van der Waals surface area contributed by atoms with Crippen LogP contribution in [0.2, 0.25) is 0 Å². The Hall–Kier alpha value is -1.68. The molecule has 3 aliphatic rings. The molecule has 0 aromatic carbocycles. The molecule has 1 aromatic rings. The van der Waals surface area contributed by atoms with E-state index in [0.717, 1.165) is 6.42 Å². The normalized spacial score (nSPS) is 33.6. The van der Waals surface area contributed by atoms with Crippen molar-refractivity contribution in [2.24, 2.45) is 5.73 Å². The first-order valence-corrected chi connectivity index (χ1v) is 8.55. The number of hydrogen-bond acceptors (Lipinski definition) is 7. The molecule has 23 heavy (non-hydrogen) atoms. The summed E-state index contributed by atoms with van der Waals surface area (Å²) >= 11 is 1.64. The fraction of sp³-hybridized carbons (Fsp3) is 0.769. The van der Waals surface area contributed by atoms with Gasteiger partial charge in [0.25, 0.3) is 0 Å². The Kier molecular flexibility index (Phi) is 3.02. The van der Waals surface area contributed by atoms with E-state index in [-0.39, 0.29) is 28.0 Å². The molecule has 3 fully saturated rings. The summed E-state index contributed by atoms with van der Waals surface area (Å²) in [6.45, 7) is 4.08. The van der Waals surface area contributed by atoms with E-state index in [1.165, 1.54) is 0 Å². The number of H-pyrrole nitrogens is 1. The first-order valence-electron chi connectivity index (χ1n) is 7.67. The van der Waals surface area contributed by atoms with Gasteiger partial charge in [-0.25, -0.2) is 0 Å². The number of aromatic amines is 1. The summed E-state index contributed by atoms with van der Waals surface area (Å²) in [6, 6.07) is -0.780. The number of carbonyl (C=O) groups excluding carboxylic acids is 2. The number of fused-ring (bicyclic) bond motifs is 1. The molecule has 1 saturated carbocycles. The van der Waals surface area contributed by atoms with Crippen molar-refractivity contribution in [2.75, 3.05) is 0 Å². The zero-order valence-electron chi connectivity index (χ0n) is 12.9. The van der Waals surface area contributed by atoms with Crippen LogP contribution in [-0.2, 0) is 9.59 Å². The Bertz CT molecular complexity index is 657. The van der Waals surface area contributed by atoms with Crippen LogP contribution in [0.1, 0.15) is 45.0 Å². The predicted molar refractivity (Wildman–Crippen MR) is 81.9 cm³/mol. The van der Waals surface area contributed by atoms with Gasteiger partial charge in [0.05, 0.1) is 5.54 Å². The van der Waals surface area contributed by atoms with Gasteiger partial charge in [-0.15, -0.1) is 22.0 Å². The maximum atomic E-state index is 12.6. The van der Waals surface area contributed by atoms with Crippen molar-refractivity contribution in [2.45, 2.75) is 60.9 Å². The molecular formula is C13H19N7O2S. The lowest BCUT2D eigenvalue weighted by Gasteiger charge is -2.46. The number of β-lactam (4-membered cyclic amide) rings is 1. The van der Waals surface area contributed by atoms with E-state index in [0.29, 0.717) is 18.7 Å². The Morgan fingerprint density at radius 1 is 1.48 bits per heavy atom. The lowest BCUT2D eigenvalue weighted by Crippen LogP contribution is -2.71. The summed E-state index contributed by atoms with van der Waals surface area (Å²) < 4.78 is -0.263. The minimum absolute atomic E-state index is 0.112. The summed E-state index contributed by atoms with van der Waals surface area (Å²) in [7, 11) is 0. The number of thioether (sulfide) groups is 1. The number of rotatable bonds is 3. The van der Waals surface area contributed by atoms with E-state index in [1.54, 1.807) is 16.7 Å². The minimum atomic E-state index is -0.799. The smallest absolute Gasteiger partial charge is 0.249 e. The van der Waals surface area contributed by atoms with Crippen molar-refractivity contribution in [1.29, 1.82) is 0 Å². The summed E-state index contributed by atoms with van der Waals surface area (Å²) in [6.07, 6.45) is 2.32. The van der Waals surface area contributed by atoms with Crippen LogP contribution >= 0.6 is 11.8 Å². The van der Waals surface area contributed by atoms with Crippen molar-refractivity contribution in [3.8, 4) is 0 Å². The van der Waals surface area contributed by atoms with Gasteiger partial charge in [0, 0.05) is 4.75 Å². The highest BCUT2D eigenvalue weighted by Crippen LogP contribution is 2.56. The topological polar surface area (TPSA) is 130 Å². The number of aromatic nitrogens is 4. The van der Waals surface area contributed by atoms with Crippen molar-refractivity contribution >= 4 is 23.6 Å². The van der Waals surface area contributed by atoms with E-state index in [2.05, 4.69) is 25.9 Å². The van der Waals surface area contributed by atoms with Gasteiger partial charge in [0.15, 0.2) is 5.82 Å². The predicted octanol–water partition coefficient (Wildman–Crippen LogP) is -0.699. The second-order valence-electron chi connectivity index (χ2n) is 6.99. The molecule has 4 N–H and O–H groups in total. The van der Waals surface area contributed by atoms with Gasteiger partial charge in [-0.3, -0.25) is 9.59 Å². The third-order valence-corrected chi connectivity index (χ3v) is 6.60. The molecule has 3 heterocycles. The number of nitrogens with two attached hydrogens (primary N) is 1. The molecule has 2 saturated heterocycles. The highest BCUT2D eigenvalue weighted by molar-refractivity contribution is 8.01. The SMILES string of the molecule is CC1(C)SC2C(NC(=O)C3(N)CCC3)C(=O)N2C1c1nn[nH]n1. The average molecular weight is 337 g/mol. The van der Waals surface area contributed by atoms with E-state index in [4.69, 9.17) is 5.73 Å². The lowest BCUT2D eigenvalue weighted by atomic mass is 9.76. The highest BCUT2D eigenvalue weighted by Gasteiger charge is 2.63. The molecule has 2 amide bonds. The molecule has 2 aliphatic heterocycles. The van der Waals surface area contributed by atoms with E-state index in [9.17, 15) is 9.59 Å². The van der Waals surface area contributed by atoms with Gasteiger partial charge in [0.1, 0.15) is 17.5 Å². The first kappa shape index (κ1) is 14.9. The summed E-state index contributed by atoms with van der Waals surface area (Å²) in [5.74, 6) is 0.166. The fourth-order valence-corrected chi connectivity index (χ4v) is 5.15. The van der Waals surface area contributed by atoms with Crippen LogP contribution in [0, 0.1) is 0 Å². The second-order valence-corrected chi connectivity index (χ2v) is 8.76. The van der Waals surface area contributed by atoms with Crippen LogP contribution in [-0.4, -0.2) is 59.0 Å². The quantitative estimate of drug-likeness (QED) is 0.622. The molecule has 9 nitrogen and oxygen atoms in total. The largest absolute Gasteiger partial charge is 0.340 e. The van der Waals surface area contributed by atoms with Crippen LogP contribution in [0.4, 0.5) is 0 Å². The van der Waals surface area contributed by atoms with Crippen LogP contribution in [0.15, 0.2) is 0 Å². The molecule has 0 spiro atoms. The molecule has 0 bridgehead atoms. The number of nitrogens with zero attached hydrogens (tertiary/aromatic N) is 4. The Labute approximate surface area is 137 Å². The Morgan fingerprint density at radius 3 is 2.78 bits per heavy atom. The zero-order chi connectivity index (χ0) is 16.4. The number of nitrogens with one attached hydrogen (secondary N) is 2. The van der Waals surface area contributed by atoms with Gasteiger partial charge in [-0.1, -0.05) is 5.21 Å². The highest BCUT2D eigenvalue weighted by atomic mass is 32.2. The summed E-state index contributed by atoms with van der Waals surface area (Å²) in [4.78, 5) is 26.6. The van der Waals surface area contributed by atoms with Gasteiger partial charge < -0.3 is 16.0 Å². The third kappa shape index (κ3) is 2.01. The molecular weight excluding hydrogens is 318 g/mol. The average Bonchev–Trinajstić information content (AvgIpc) is 3.06. The molecule has 3 atom stereocenters. The minimum Gasteiger partial charge on any atom is -0.340 e. The van der Waals surface area contributed by atoms with Crippen LogP contribution < -0.4 is 11.1 Å². The Morgan fingerprint density at radius 2 is 2.22 bits per heavy atom. The molecule has 1 aromatic heterocycles. The van der Waals surface area contributed by atoms with Crippen LogP contribution in [0.5, 0.6) is 0 Å². The van der Waals surface area contributed by atoms with Crippen molar-refractivity contribution in [3.63, 3.8) is 0 Å². The summed E-state index contributed by atoms with van der Waals surface area (Å²) in [5.41, 5.74) is 5.24. The maximum Gasteiger partial charge on any atom is 0.249 e. The van der Waals surface area contributed by atoms with Crippen LogP contribution in [0.25, 0.3) is 0 Å². The fourth-order valence-electron chi connectivity index (χ4n) is 3.52. The van der Waals surface area contributed by atoms with E-state index in [1.807, 2.05) is 13.8 Å². The van der Waals surface area contributed by atoms with Crippen molar-refractivity contribution < 1.29 is 9.59 Å². The maximum absolute atomic E-state index is 12.6. The van der Waals surface area contributed by atoms with Gasteiger partial charge >= 0.3 is 0 Å². The molecule has 10 heteroatoms. The Balaban J connectivity index is 1.53. The number of hydrogen-bond donors (Lipinski definition) is 3. The molecule has 4 rings (SSSR count). The van der Waals surface area contributed by atoms with Gasteiger partial charge in [-0.05, 0) is 33.1 Å². The summed E-state index contributed by atoms with van der Waals surface area (Å²) in [5, 5.41) is 16.8. The van der Waals surface area contributed by atoms with E-state index >= 15 is 0 Å². The second kappa shape index (κ2) is 4.67. The van der Waals surface area contributed by atoms with Crippen LogP contribution in [0.3, 0.4) is 0 Å². The molecule has 124 valence electrons. The van der Waals surface area contributed by atoms with Gasteiger partial charge in [-0.2, -0.15) is 5.21 Å². The lowest BCUT2D eigenvalue weighted by molar-refractivity contribution is -0.153. The number of carbonyl (C=O) groups is 2. The molecule has 0 radical (unpaired) electrons.